The Morgan fingerprint density at radius 1 is 1.17 bits per heavy atom. The number of benzene rings is 1. The summed E-state index contributed by atoms with van der Waals surface area (Å²) >= 11 is 0. The van der Waals surface area contributed by atoms with Crippen LogP contribution in [0.4, 0.5) is 10.2 Å². The Bertz CT molecular complexity index is 956. The fraction of sp³-hybridized carbons (Fsp3) is 0.0667. The number of furan rings is 1. The molecule has 3 heterocycles. The molecule has 0 spiro atoms. The van der Waals surface area contributed by atoms with Gasteiger partial charge in [0.25, 0.3) is 0 Å². The minimum Gasteiger partial charge on any atom is -0.461 e. The van der Waals surface area contributed by atoms with Gasteiger partial charge in [0.1, 0.15) is 5.82 Å². The first kappa shape index (κ1) is 14.1. The zero-order chi connectivity index (χ0) is 16.5. The molecule has 4 rings (SSSR count). The lowest BCUT2D eigenvalue weighted by molar-refractivity contribution is 0.577. The Morgan fingerprint density at radius 2 is 2.00 bits per heavy atom. The van der Waals surface area contributed by atoms with Gasteiger partial charge in [-0.1, -0.05) is 12.1 Å². The summed E-state index contributed by atoms with van der Waals surface area (Å²) in [6.45, 7) is 0.361. The minimum atomic E-state index is -0.293. The summed E-state index contributed by atoms with van der Waals surface area (Å²) in [6.07, 6.45) is 1.55. The molecule has 0 saturated carbocycles. The van der Waals surface area contributed by atoms with Crippen molar-refractivity contribution < 1.29 is 8.81 Å². The molecule has 0 aliphatic rings. The van der Waals surface area contributed by atoms with E-state index in [9.17, 15) is 4.39 Å². The maximum absolute atomic E-state index is 12.9. The first-order valence-electron chi connectivity index (χ1n) is 7.11. The maximum Gasteiger partial charge on any atom is 0.206 e. The summed E-state index contributed by atoms with van der Waals surface area (Å²) in [4.78, 5) is 5.73. The van der Waals surface area contributed by atoms with Crippen LogP contribution < -0.4 is 5.73 Å². The van der Waals surface area contributed by atoms with E-state index in [1.54, 1.807) is 30.5 Å². The van der Waals surface area contributed by atoms with E-state index < -0.39 is 0 Å². The average molecular weight is 325 g/mol. The van der Waals surface area contributed by atoms with Crippen LogP contribution >= 0.6 is 0 Å². The van der Waals surface area contributed by atoms with Gasteiger partial charge in [0.2, 0.25) is 5.82 Å². The largest absolute Gasteiger partial charge is 0.461 e. The molecule has 0 bridgehead atoms. The van der Waals surface area contributed by atoms with E-state index in [0.29, 0.717) is 29.6 Å². The minimum absolute atomic E-state index is 0.210. The summed E-state index contributed by atoms with van der Waals surface area (Å²) in [7, 11) is 0. The summed E-state index contributed by atoms with van der Waals surface area (Å²) in [5.41, 5.74) is 7.13. The first-order valence-corrected chi connectivity index (χ1v) is 7.11. The lowest BCUT2D eigenvalue weighted by atomic mass is 10.2. The van der Waals surface area contributed by atoms with Crippen molar-refractivity contribution in [2.24, 2.45) is 0 Å². The van der Waals surface area contributed by atoms with Crippen LogP contribution in [0, 0.1) is 5.82 Å². The van der Waals surface area contributed by atoms with Crippen LogP contribution in [0.3, 0.4) is 0 Å². The second-order valence-corrected chi connectivity index (χ2v) is 5.08. The van der Waals surface area contributed by atoms with Gasteiger partial charge in [-0.25, -0.2) is 9.37 Å². The van der Waals surface area contributed by atoms with Crippen molar-refractivity contribution in [3.05, 3.63) is 54.0 Å². The highest BCUT2D eigenvalue weighted by Crippen LogP contribution is 2.22. The normalized spacial score (nSPS) is 11.0. The molecule has 0 unspecified atom stereocenters. The van der Waals surface area contributed by atoms with Crippen molar-refractivity contribution in [3.63, 3.8) is 0 Å². The molecule has 0 atom stereocenters. The predicted molar refractivity (Wildman–Crippen MR) is 83.0 cm³/mol. The van der Waals surface area contributed by atoms with E-state index in [1.165, 1.54) is 16.9 Å². The van der Waals surface area contributed by atoms with Gasteiger partial charge in [0.15, 0.2) is 23.1 Å². The van der Waals surface area contributed by atoms with Gasteiger partial charge >= 0.3 is 0 Å². The Balaban J connectivity index is 1.60. The highest BCUT2D eigenvalue weighted by Gasteiger charge is 2.17. The lowest BCUT2D eigenvalue weighted by Crippen LogP contribution is -2.04. The molecule has 3 aromatic heterocycles. The number of nitrogens with one attached hydrogen (secondary N) is 1. The van der Waals surface area contributed by atoms with Crippen LogP contribution in [0.15, 0.2) is 47.1 Å². The molecule has 0 fully saturated rings. The molecular weight excluding hydrogens is 313 g/mol. The Kier molecular flexibility index (Phi) is 3.30. The van der Waals surface area contributed by atoms with E-state index in [1.807, 2.05) is 0 Å². The number of nitrogens with two attached hydrogens (primary N) is 1. The van der Waals surface area contributed by atoms with Crippen molar-refractivity contribution >= 4 is 5.82 Å². The number of nitrogen functional groups attached to an aromatic ring is 1. The predicted octanol–water partition coefficient (Wildman–Crippen LogP) is 2.09. The second-order valence-electron chi connectivity index (χ2n) is 5.08. The third-order valence-corrected chi connectivity index (χ3v) is 3.37. The Labute approximate surface area is 135 Å². The molecule has 120 valence electrons. The van der Waals surface area contributed by atoms with E-state index in [4.69, 9.17) is 10.2 Å². The van der Waals surface area contributed by atoms with Crippen LogP contribution in [0.5, 0.6) is 0 Å². The van der Waals surface area contributed by atoms with Gasteiger partial charge in [-0.05, 0) is 29.8 Å². The van der Waals surface area contributed by atoms with Gasteiger partial charge < -0.3 is 10.2 Å². The standard InChI is InChI=1S/C15H12FN7O/c16-10-5-3-9(4-6-10)8-23-21-12(13(17)22-23)15-18-14(19-20-15)11-2-1-7-24-11/h1-7H,8H2,(H2,17,22)(H,18,19,20). The van der Waals surface area contributed by atoms with Crippen LogP contribution in [0.2, 0.25) is 0 Å². The highest BCUT2D eigenvalue weighted by atomic mass is 19.1. The monoisotopic (exact) mass is 325 g/mol. The third-order valence-electron chi connectivity index (χ3n) is 3.37. The van der Waals surface area contributed by atoms with Gasteiger partial charge in [-0.3, -0.25) is 5.10 Å². The summed E-state index contributed by atoms with van der Waals surface area (Å²) in [5, 5.41) is 15.3. The second kappa shape index (κ2) is 5.61. The molecule has 0 aliphatic carbocycles. The summed E-state index contributed by atoms with van der Waals surface area (Å²) in [5.74, 6) is 1.28. The number of aromatic nitrogens is 6. The maximum atomic E-state index is 12.9. The van der Waals surface area contributed by atoms with Crippen LogP contribution in [-0.4, -0.2) is 30.2 Å². The summed E-state index contributed by atoms with van der Waals surface area (Å²) in [6, 6.07) is 9.61. The van der Waals surface area contributed by atoms with Crippen LogP contribution in [0.1, 0.15) is 5.56 Å². The molecular formula is C15H12FN7O. The first-order chi connectivity index (χ1) is 11.7. The fourth-order valence-corrected chi connectivity index (χ4v) is 2.24. The lowest BCUT2D eigenvalue weighted by Gasteiger charge is -1.99. The van der Waals surface area contributed by atoms with Crippen molar-refractivity contribution in [2.75, 3.05) is 5.73 Å². The number of anilines is 1. The van der Waals surface area contributed by atoms with E-state index in [2.05, 4.69) is 25.4 Å². The zero-order valence-corrected chi connectivity index (χ0v) is 12.3. The van der Waals surface area contributed by atoms with Crippen LogP contribution in [0.25, 0.3) is 23.1 Å². The average Bonchev–Trinajstić information content (AvgIpc) is 3.29. The van der Waals surface area contributed by atoms with E-state index in [-0.39, 0.29) is 11.6 Å². The molecule has 24 heavy (non-hydrogen) atoms. The summed E-state index contributed by atoms with van der Waals surface area (Å²) < 4.78 is 18.2. The molecule has 0 aliphatic heterocycles. The molecule has 8 nitrogen and oxygen atoms in total. The van der Waals surface area contributed by atoms with Gasteiger partial charge in [0.05, 0.1) is 12.8 Å². The number of nitrogens with zero attached hydrogens (tertiary/aromatic N) is 5. The fourth-order valence-electron chi connectivity index (χ4n) is 2.24. The molecule has 4 aromatic rings. The van der Waals surface area contributed by atoms with Crippen LogP contribution in [-0.2, 0) is 6.54 Å². The third kappa shape index (κ3) is 2.62. The van der Waals surface area contributed by atoms with Crippen molar-refractivity contribution in [1.29, 1.82) is 0 Å². The number of hydrogen-bond donors (Lipinski definition) is 2. The van der Waals surface area contributed by atoms with Gasteiger partial charge in [0, 0.05) is 0 Å². The molecule has 3 N–H and O–H groups in total. The molecule has 0 radical (unpaired) electrons. The smallest absolute Gasteiger partial charge is 0.206 e. The Morgan fingerprint density at radius 3 is 2.75 bits per heavy atom. The van der Waals surface area contributed by atoms with E-state index in [0.717, 1.165) is 5.56 Å². The highest BCUT2D eigenvalue weighted by molar-refractivity contribution is 5.64. The van der Waals surface area contributed by atoms with Crippen molar-refractivity contribution in [2.45, 2.75) is 6.54 Å². The Hall–Kier alpha value is -3.49. The topological polar surface area (TPSA) is 111 Å². The van der Waals surface area contributed by atoms with Crippen molar-refractivity contribution in [3.8, 4) is 23.1 Å². The number of aromatic amines is 1. The quantitative estimate of drug-likeness (QED) is 0.594. The molecule has 0 amide bonds. The van der Waals surface area contributed by atoms with Crippen molar-refractivity contribution in [1.82, 2.24) is 30.2 Å². The number of H-pyrrole nitrogens is 1. The SMILES string of the molecule is Nc1nn(Cc2ccc(F)cc2)nc1-c1n[nH]c(-c2ccco2)n1. The molecule has 1 aromatic carbocycles. The zero-order valence-electron chi connectivity index (χ0n) is 12.3. The number of rotatable bonds is 4. The number of halogens is 1. The van der Waals surface area contributed by atoms with Gasteiger partial charge in [-0.2, -0.15) is 9.90 Å². The molecule has 0 saturated heterocycles. The molecule has 9 heteroatoms. The number of hydrogen-bond acceptors (Lipinski definition) is 6. The van der Waals surface area contributed by atoms with E-state index >= 15 is 0 Å². The van der Waals surface area contributed by atoms with Gasteiger partial charge in [-0.15, -0.1) is 10.2 Å².